The van der Waals surface area contributed by atoms with E-state index < -0.39 is 31.3 Å². The predicted octanol–water partition coefficient (Wildman–Crippen LogP) is -0.701. The number of aromatic nitrogens is 4. The minimum absolute atomic E-state index is 0.0513. The van der Waals surface area contributed by atoms with Crippen LogP contribution in [-0.2, 0) is 25.6 Å². The Labute approximate surface area is 129 Å². The Morgan fingerprint density at radius 1 is 1.41 bits per heavy atom. The molecule has 4 heterocycles. The third-order valence-electron chi connectivity index (χ3n) is 3.63. The topological polar surface area (TPSA) is 138 Å². The first kappa shape index (κ1) is 14.4. The van der Waals surface area contributed by atoms with Crippen LogP contribution in [0.5, 0.6) is 0 Å². The number of aliphatic hydroxyl groups excluding tert-OH is 1. The van der Waals surface area contributed by atoms with Crippen LogP contribution >= 0.6 is 6.72 Å². The maximum Gasteiger partial charge on any atom is 0.325 e. The van der Waals surface area contributed by atoms with E-state index >= 15 is 0 Å². The highest BCUT2D eigenvalue weighted by Gasteiger charge is 2.51. The van der Waals surface area contributed by atoms with Crippen LogP contribution in [0.25, 0.3) is 11.2 Å². The standard InChI is InChI=1S/C10H12N5O5PS/c11-8-5-9(13-2-12-8)15(3-14-5)10-6(16)7-4(19-10)1-18-21(17,22)20-7/h2-4,6-7,10,16H,1H2,(H,17,22)(H2,11,12,13). The first-order valence-corrected chi connectivity index (χ1v) is 8.97. The highest BCUT2D eigenvalue weighted by Crippen LogP contribution is 2.52. The summed E-state index contributed by atoms with van der Waals surface area (Å²) in [5, 5.41) is 10.4. The fraction of sp³-hybridized carbons (Fsp3) is 0.500. The Morgan fingerprint density at radius 3 is 3.05 bits per heavy atom. The van der Waals surface area contributed by atoms with E-state index in [1.165, 1.54) is 12.7 Å². The van der Waals surface area contributed by atoms with Crippen molar-refractivity contribution in [3.8, 4) is 0 Å². The fourth-order valence-corrected chi connectivity index (χ4v) is 4.07. The SMILES string of the molecule is Nc1ncnc2c1ncn2C1OC2COP(O)(=S)OC2C1O. The number of imidazole rings is 1. The number of ether oxygens (including phenoxy) is 1. The summed E-state index contributed by atoms with van der Waals surface area (Å²) in [7, 11) is 0. The Bertz CT molecular complexity index is 786. The molecule has 0 amide bonds. The number of nitrogen functional groups attached to an aromatic ring is 1. The molecule has 2 aliphatic heterocycles. The van der Waals surface area contributed by atoms with Crippen molar-refractivity contribution in [3.63, 3.8) is 0 Å². The monoisotopic (exact) mass is 345 g/mol. The van der Waals surface area contributed by atoms with E-state index in [0.717, 1.165) is 0 Å². The second-order valence-corrected chi connectivity index (χ2v) is 7.76. The predicted molar refractivity (Wildman–Crippen MR) is 77.0 cm³/mol. The quantitative estimate of drug-likeness (QED) is 0.569. The Kier molecular flexibility index (Phi) is 3.20. The third kappa shape index (κ3) is 2.14. The molecule has 2 aliphatic rings. The molecule has 0 spiro atoms. The minimum atomic E-state index is -3.33. The average Bonchev–Trinajstić information content (AvgIpc) is 3.01. The zero-order valence-corrected chi connectivity index (χ0v) is 12.7. The molecule has 5 unspecified atom stereocenters. The van der Waals surface area contributed by atoms with Gasteiger partial charge >= 0.3 is 6.72 Å². The fourth-order valence-electron chi connectivity index (χ4n) is 2.62. The number of rotatable bonds is 1. The minimum Gasteiger partial charge on any atom is -0.386 e. The van der Waals surface area contributed by atoms with E-state index in [0.29, 0.717) is 11.2 Å². The normalized spacial score (nSPS) is 38.3. The molecule has 0 saturated carbocycles. The van der Waals surface area contributed by atoms with E-state index in [4.69, 9.17) is 31.3 Å². The first-order valence-electron chi connectivity index (χ1n) is 6.38. The molecule has 118 valence electrons. The summed E-state index contributed by atoms with van der Waals surface area (Å²) in [6.07, 6.45) is -0.414. The van der Waals surface area contributed by atoms with Crippen LogP contribution in [0.2, 0.25) is 0 Å². The molecule has 0 radical (unpaired) electrons. The highest BCUT2D eigenvalue weighted by atomic mass is 32.5. The van der Waals surface area contributed by atoms with Crippen LogP contribution in [0.15, 0.2) is 12.7 Å². The van der Waals surface area contributed by atoms with Crippen molar-refractivity contribution in [2.24, 2.45) is 0 Å². The van der Waals surface area contributed by atoms with Gasteiger partial charge in [0, 0.05) is 0 Å². The van der Waals surface area contributed by atoms with Crippen molar-refractivity contribution in [1.82, 2.24) is 19.5 Å². The Morgan fingerprint density at radius 2 is 2.23 bits per heavy atom. The Balaban J connectivity index is 1.71. The van der Waals surface area contributed by atoms with E-state index in [1.807, 2.05) is 0 Å². The molecule has 0 aliphatic carbocycles. The maximum absolute atomic E-state index is 10.4. The van der Waals surface area contributed by atoms with E-state index in [1.54, 1.807) is 4.57 Å². The molecule has 12 heteroatoms. The van der Waals surface area contributed by atoms with Crippen molar-refractivity contribution < 1.29 is 23.8 Å². The van der Waals surface area contributed by atoms with Crippen molar-refractivity contribution in [3.05, 3.63) is 12.7 Å². The summed E-state index contributed by atoms with van der Waals surface area (Å²) >= 11 is 4.80. The molecule has 2 aromatic rings. The van der Waals surface area contributed by atoms with Crippen LogP contribution in [0.1, 0.15) is 6.23 Å². The lowest BCUT2D eigenvalue weighted by Crippen LogP contribution is -2.39. The summed E-state index contributed by atoms with van der Waals surface area (Å²) in [5.74, 6) is 0.235. The van der Waals surface area contributed by atoms with Gasteiger partial charge in [-0.05, 0) is 11.8 Å². The van der Waals surface area contributed by atoms with Crippen molar-refractivity contribution in [1.29, 1.82) is 0 Å². The number of hydrogen-bond donors (Lipinski definition) is 3. The summed E-state index contributed by atoms with van der Waals surface area (Å²) in [4.78, 5) is 21.8. The number of anilines is 1. The van der Waals surface area contributed by atoms with Gasteiger partial charge in [-0.25, -0.2) is 15.0 Å². The molecule has 2 saturated heterocycles. The van der Waals surface area contributed by atoms with Crippen molar-refractivity contribution in [2.45, 2.75) is 24.5 Å². The number of aliphatic hydroxyl groups is 1. The summed E-state index contributed by atoms with van der Waals surface area (Å²) in [6.45, 7) is -3.28. The lowest BCUT2D eigenvalue weighted by molar-refractivity contribution is -0.0593. The second-order valence-electron chi connectivity index (χ2n) is 4.97. The zero-order chi connectivity index (χ0) is 15.5. The molecular weight excluding hydrogens is 333 g/mol. The molecule has 4 rings (SSSR count). The van der Waals surface area contributed by atoms with Gasteiger partial charge in [0.1, 0.15) is 30.2 Å². The maximum atomic E-state index is 10.4. The van der Waals surface area contributed by atoms with E-state index in [9.17, 15) is 10.00 Å². The van der Waals surface area contributed by atoms with Crippen LogP contribution in [0.4, 0.5) is 5.82 Å². The zero-order valence-electron chi connectivity index (χ0n) is 11.0. The molecular formula is C10H12N5O5PS. The van der Waals surface area contributed by atoms with Crippen LogP contribution < -0.4 is 5.73 Å². The lowest BCUT2D eigenvalue weighted by Gasteiger charge is -2.30. The molecule has 22 heavy (non-hydrogen) atoms. The molecule has 4 N–H and O–H groups in total. The molecule has 2 fully saturated rings. The van der Waals surface area contributed by atoms with Gasteiger partial charge in [-0.15, -0.1) is 0 Å². The molecule has 10 nitrogen and oxygen atoms in total. The van der Waals surface area contributed by atoms with Gasteiger partial charge in [-0.3, -0.25) is 9.09 Å². The van der Waals surface area contributed by atoms with Gasteiger partial charge in [0.2, 0.25) is 0 Å². The van der Waals surface area contributed by atoms with Gasteiger partial charge in [0.05, 0.1) is 12.9 Å². The molecule has 5 atom stereocenters. The largest absolute Gasteiger partial charge is 0.386 e. The molecule has 0 bridgehead atoms. The number of fused-ring (bicyclic) bond motifs is 2. The Hall–Kier alpha value is -1.20. The van der Waals surface area contributed by atoms with Crippen molar-refractivity contribution >= 4 is 35.5 Å². The lowest BCUT2D eigenvalue weighted by atomic mass is 10.1. The second kappa shape index (κ2) is 4.90. The van der Waals surface area contributed by atoms with Gasteiger partial charge in [-0.2, -0.15) is 0 Å². The first-order chi connectivity index (χ1) is 10.5. The van der Waals surface area contributed by atoms with Gasteiger partial charge in [0.15, 0.2) is 17.7 Å². The molecule has 2 aromatic heterocycles. The molecule has 0 aromatic carbocycles. The van der Waals surface area contributed by atoms with Crippen LogP contribution in [0.3, 0.4) is 0 Å². The van der Waals surface area contributed by atoms with Gasteiger partial charge in [0.25, 0.3) is 0 Å². The van der Waals surface area contributed by atoms with Crippen LogP contribution in [0, 0.1) is 0 Å². The van der Waals surface area contributed by atoms with E-state index in [2.05, 4.69) is 15.0 Å². The third-order valence-corrected chi connectivity index (χ3v) is 5.19. The van der Waals surface area contributed by atoms with Crippen molar-refractivity contribution in [2.75, 3.05) is 12.3 Å². The van der Waals surface area contributed by atoms with Crippen LogP contribution in [-0.4, -0.2) is 54.4 Å². The van der Waals surface area contributed by atoms with E-state index in [-0.39, 0.29) is 12.4 Å². The average molecular weight is 345 g/mol. The summed E-state index contributed by atoms with van der Waals surface area (Å²) in [5.41, 5.74) is 6.58. The summed E-state index contributed by atoms with van der Waals surface area (Å²) < 4.78 is 17.6. The summed E-state index contributed by atoms with van der Waals surface area (Å²) in [6, 6.07) is 0. The number of nitrogens with two attached hydrogens (primary N) is 1. The number of nitrogens with zero attached hydrogens (tertiary/aromatic N) is 4. The van der Waals surface area contributed by atoms with Gasteiger partial charge < -0.3 is 25.0 Å². The smallest absolute Gasteiger partial charge is 0.325 e. The number of hydrogen-bond acceptors (Lipinski definition) is 9. The van der Waals surface area contributed by atoms with Gasteiger partial charge in [-0.1, -0.05) is 0 Å². The highest BCUT2D eigenvalue weighted by molar-refractivity contribution is 8.07.